The van der Waals surface area contributed by atoms with E-state index in [-0.39, 0.29) is 19.6 Å². The zero-order chi connectivity index (χ0) is 11.0. The van der Waals surface area contributed by atoms with Gasteiger partial charge in [0.25, 0.3) is 12.9 Å². The molecular formula is C5H9O8P. The third kappa shape index (κ3) is 7.69. The molecule has 0 bridgehead atoms. The van der Waals surface area contributed by atoms with Crippen molar-refractivity contribution in [1.29, 1.82) is 0 Å². The second kappa shape index (κ2) is 6.50. The largest absolute Gasteiger partial charge is 0.469 e. The molecule has 0 saturated carbocycles. The van der Waals surface area contributed by atoms with Crippen molar-refractivity contribution in [2.24, 2.45) is 0 Å². The van der Waals surface area contributed by atoms with Gasteiger partial charge in [-0.2, -0.15) is 0 Å². The standard InChI is InChI=1S/C5H9O8P/c6-3-11-1-5(12-4-7)2-13-14(8,9)10/h3-5H,1-2H2,(H2,8,9,10)/t5-/m1/s1. The topological polar surface area (TPSA) is 119 Å². The molecule has 0 spiro atoms. The summed E-state index contributed by atoms with van der Waals surface area (Å²) in [6, 6.07) is 0. The number of hydrogen-bond donors (Lipinski definition) is 2. The molecule has 0 amide bonds. The fourth-order valence-corrected chi connectivity index (χ4v) is 0.893. The van der Waals surface area contributed by atoms with E-state index in [1.54, 1.807) is 0 Å². The first-order valence-electron chi connectivity index (χ1n) is 3.34. The molecule has 0 aromatic rings. The highest BCUT2D eigenvalue weighted by Crippen LogP contribution is 2.35. The zero-order valence-corrected chi connectivity index (χ0v) is 7.83. The van der Waals surface area contributed by atoms with Crippen molar-refractivity contribution in [3.63, 3.8) is 0 Å². The van der Waals surface area contributed by atoms with Crippen LogP contribution in [-0.4, -0.2) is 42.0 Å². The van der Waals surface area contributed by atoms with Crippen molar-refractivity contribution >= 4 is 20.8 Å². The lowest BCUT2D eigenvalue weighted by atomic mass is 10.4. The average molecular weight is 228 g/mol. The maximum atomic E-state index is 10.2. The minimum absolute atomic E-state index is 0.0574. The summed E-state index contributed by atoms with van der Waals surface area (Å²) in [5, 5.41) is 0. The first kappa shape index (κ1) is 13.1. The number of carbonyl (C=O) groups excluding carboxylic acids is 2. The summed E-state index contributed by atoms with van der Waals surface area (Å²) in [5.74, 6) is 0. The third-order valence-corrected chi connectivity index (χ3v) is 1.51. The highest BCUT2D eigenvalue weighted by Gasteiger charge is 2.19. The van der Waals surface area contributed by atoms with Crippen LogP contribution in [0.3, 0.4) is 0 Å². The lowest BCUT2D eigenvalue weighted by Crippen LogP contribution is -2.24. The Morgan fingerprint density at radius 1 is 1.21 bits per heavy atom. The van der Waals surface area contributed by atoms with Gasteiger partial charge in [-0.15, -0.1) is 0 Å². The quantitative estimate of drug-likeness (QED) is 0.393. The van der Waals surface area contributed by atoms with E-state index in [1.165, 1.54) is 0 Å². The Morgan fingerprint density at radius 3 is 2.29 bits per heavy atom. The number of phosphoric acid groups is 1. The lowest BCUT2D eigenvalue weighted by Gasteiger charge is -2.13. The van der Waals surface area contributed by atoms with Crippen molar-refractivity contribution in [2.75, 3.05) is 13.2 Å². The summed E-state index contributed by atoms with van der Waals surface area (Å²) in [6.45, 7) is -0.723. The molecule has 2 N–H and O–H groups in total. The molecule has 0 rings (SSSR count). The highest BCUT2D eigenvalue weighted by atomic mass is 31.2. The van der Waals surface area contributed by atoms with Gasteiger partial charge in [0.05, 0.1) is 6.61 Å². The van der Waals surface area contributed by atoms with Gasteiger partial charge in [-0.1, -0.05) is 0 Å². The van der Waals surface area contributed by atoms with Gasteiger partial charge in [0.1, 0.15) is 6.61 Å². The molecule has 1 atom stereocenters. The molecule has 9 heteroatoms. The van der Waals surface area contributed by atoms with Gasteiger partial charge in [-0.05, 0) is 0 Å². The Hall–Kier alpha value is -0.950. The molecular weight excluding hydrogens is 219 g/mol. The Kier molecular flexibility index (Phi) is 6.06. The fourth-order valence-electron chi connectivity index (χ4n) is 0.532. The molecule has 14 heavy (non-hydrogen) atoms. The molecule has 0 aromatic carbocycles. The molecule has 0 unspecified atom stereocenters. The van der Waals surface area contributed by atoms with E-state index in [0.717, 1.165) is 0 Å². The Balaban J connectivity index is 3.89. The number of phosphoric ester groups is 1. The van der Waals surface area contributed by atoms with Crippen LogP contribution in [0.25, 0.3) is 0 Å². The van der Waals surface area contributed by atoms with Gasteiger partial charge < -0.3 is 19.3 Å². The Morgan fingerprint density at radius 2 is 1.86 bits per heavy atom. The minimum atomic E-state index is -4.62. The monoisotopic (exact) mass is 228 g/mol. The van der Waals surface area contributed by atoms with Crippen LogP contribution in [0.2, 0.25) is 0 Å². The maximum absolute atomic E-state index is 10.2. The molecule has 0 fully saturated rings. The summed E-state index contributed by atoms with van der Waals surface area (Å²) in [7, 11) is -4.62. The van der Waals surface area contributed by atoms with Crippen LogP contribution >= 0.6 is 7.82 Å². The molecule has 0 saturated heterocycles. The van der Waals surface area contributed by atoms with Crippen LogP contribution in [0.4, 0.5) is 0 Å². The number of hydrogen-bond acceptors (Lipinski definition) is 6. The predicted octanol–water partition coefficient (Wildman–Crippen LogP) is -1.19. The van der Waals surface area contributed by atoms with Crippen LogP contribution in [0.5, 0.6) is 0 Å². The van der Waals surface area contributed by atoms with Gasteiger partial charge in [0, 0.05) is 0 Å². The second-order valence-corrected chi connectivity index (χ2v) is 3.31. The van der Waals surface area contributed by atoms with Gasteiger partial charge in [-0.25, -0.2) is 4.57 Å². The molecule has 0 aliphatic rings. The van der Waals surface area contributed by atoms with Crippen LogP contribution in [0.15, 0.2) is 0 Å². The molecule has 0 aliphatic carbocycles. The van der Waals surface area contributed by atoms with E-state index in [0.29, 0.717) is 0 Å². The summed E-state index contributed by atoms with van der Waals surface area (Å²) < 4.78 is 22.8. The highest BCUT2D eigenvalue weighted by molar-refractivity contribution is 7.46. The summed E-state index contributed by atoms with van der Waals surface area (Å²) >= 11 is 0. The number of carbonyl (C=O) groups is 2. The van der Waals surface area contributed by atoms with Crippen LogP contribution < -0.4 is 0 Å². The van der Waals surface area contributed by atoms with Crippen molar-refractivity contribution in [2.45, 2.75) is 6.10 Å². The van der Waals surface area contributed by atoms with Crippen LogP contribution in [0.1, 0.15) is 0 Å². The van der Waals surface area contributed by atoms with E-state index in [2.05, 4.69) is 14.0 Å². The normalized spacial score (nSPS) is 13.0. The van der Waals surface area contributed by atoms with E-state index in [9.17, 15) is 14.2 Å². The van der Waals surface area contributed by atoms with Crippen molar-refractivity contribution in [3.8, 4) is 0 Å². The van der Waals surface area contributed by atoms with Crippen LogP contribution in [-0.2, 0) is 28.2 Å². The first-order valence-corrected chi connectivity index (χ1v) is 4.87. The van der Waals surface area contributed by atoms with Gasteiger partial charge in [0.2, 0.25) is 0 Å². The summed E-state index contributed by atoms with van der Waals surface area (Å²) in [5.41, 5.74) is 0. The maximum Gasteiger partial charge on any atom is 0.469 e. The van der Waals surface area contributed by atoms with E-state index < -0.39 is 20.5 Å². The molecule has 0 aliphatic heterocycles. The average Bonchev–Trinajstić information content (AvgIpc) is 2.08. The second-order valence-electron chi connectivity index (χ2n) is 2.07. The predicted molar refractivity (Wildman–Crippen MR) is 40.9 cm³/mol. The van der Waals surface area contributed by atoms with Crippen molar-refractivity contribution in [1.82, 2.24) is 0 Å². The smallest absolute Gasteiger partial charge is 0.464 e. The molecule has 82 valence electrons. The first-order chi connectivity index (χ1) is 6.49. The van der Waals surface area contributed by atoms with E-state index in [4.69, 9.17) is 9.79 Å². The van der Waals surface area contributed by atoms with E-state index in [1.807, 2.05) is 0 Å². The summed E-state index contributed by atoms with van der Waals surface area (Å²) in [4.78, 5) is 36.2. The van der Waals surface area contributed by atoms with E-state index >= 15 is 0 Å². The van der Waals surface area contributed by atoms with Crippen molar-refractivity contribution in [3.05, 3.63) is 0 Å². The molecule has 0 aromatic heterocycles. The number of rotatable bonds is 8. The lowest BCUT2D eigenvalue weighted by molar-refractivity contribution is -0.144. The minimum Gasteiger partial charge on any atom is -0.464 e. The fraction of sp³-hybridized carbons (Fsp3) is 0.600. The zero-order valence-electron chi connectivity index (χ0n) is 6.94. The molecule has 8 nitrogen and oxygen atoms in total. The van der Waals surface area contributed by atoms with Gasteiger partial charge in [0.15, 0.2) is 6.10 Å². The van der Waals surface area contributed by atoms with Gasteiger partial charge >= 0.3 is 7.82 Å². The van der Waals surface area contributed by atoms with Gasteiger partial charge in [-0.3, -0.25) is 14.1 Å². The SMILES string of the molecule is O=COC[C@H](COP(=O)(O)O)OC=O. The van der Waals surface area contributed by atoms with Crippen molar-refractivity contribution < 1.29 is 37.9 Å². The summed E-state index contributed by atoms with van der Waals surface area (Å²) in [6.07, 6.45) is -1.04. The Bertz CT molecular complexity index is 222. The third-order valence-electron chi connectivity index (χ3n) is 1.03. The number of ether oxygens (including phenoxy) is 2. The molecule has 0 radical (unpaired) electrons. The Labute approximate surface area is 79.0 Å². The van der Waals surface area contributed by atoms with Crippen LogP contribution in [0, 0.1) is 0 Å². The molecule has 0 heterocycles.